The van der Waals surface area contributed by atoms with Crippen LogP contribution in [-0.4, -0.2) is 0 Å². The Kier molecular flexibility index (Phi) is 5.37. The van der Waals surface area contributed by atoms with Crippen molar-refractivity contribution < 1.29 is 4.39 Å². The average molecular weight is 427 g/mol. The highest BCUT2D eigenvalue weighted by Gasteiger charge is 2.48. The van der Waals surface area contributed by atoms with Gasteiger partial charge in [-0.05, 0) is 108 Å². The van der Waals surface area contributed by atoms with Crippen LogP contribution in [0.25, 0.3) is 0 Å². The molecule has 162 valence electrons. The molecule has 2 saturated carbocycles. The molecule has 2 aromatic carbocycles. The lowest BCUT2D eigenvalue weighted by molar-refractivity contribution is 0.291. The standard InChI is InChI=1S/C28H36ClF/c1-25(2,3)18-27(9-10-27)22-13-20(14-23(29)15-22)17-26(4,5)19-28(11-12-28)21-7-6-8-24(30)16-21/h6-8,13-16H,9-12,17-19H2,1-5H3. The highest BCUT2D eigenvalue weighted by molar-refractivity contribution is 6.30. The van der Waals surface area contributed by atoms with Crippen LogP contribution in [0.5, 0.6) is 0 Å². The molecule has 2 aliphatic rings. The van der Waals surface area contributed by atoms with Crippen LogP contribution in [0.2, 0.25) is 5.02 Å². The van der Waals surface area contributed by atoms with E-state index in [1.54, 1.807) is 12.1 Å². The summed E-state index contributed by atoms with van der Waals surface area (Å²) in [7, 11) is 0. The summed E-state index contributed by atoms with van der Waals surface area (Å²) in [6.45, 7) is 11.7. The molecule has 0 bridgehead atoms. The van der Waals surface area contributed by atoms with Crippen LogP contribution in [-0.2, 0) is 17.3 Å². The molecule has 0 heterocycles. The van der Waals surface area contributed by atoms with Gasteiger partial charge >= 0.3 is 0 Å². The summed E-state index contributed by atoms with van der Waals surface area (Å²) in [6, 6.07) is 14.0. The van der Waals surface area contributed by atoms with E-state index in [2.05, 4.69) is 58.9 Å². The Morgan fingerprint density at radius 3 is 2.03 bits per heavy atom. The van der Waals surface area contributed by atoms with E-state index in [0.717, 1.165) is 30.7 Å². The third kappa shape index (κ3) is 4.93. The summed E-state index contributed by atoms with van der Waals surface area (Å²) in [5.74, 6) is -0.121. The van der Waals surface area contributed by atoms with Gasteiger partial charge in [0.1, 0.15) is 5.82 Å². The lowest BCUT2D eigenvalue weighted by Gasteiger charge is -2.31. The first kappa shape index (κ1) is 21.9. The van der Waals surface area contributed by atoms with E-state index in [0.29, 0.717) is 10.8 Å². The van der Waals surface area contributed by atoms with Gasteiger partial charge in [0.15, 0.2) is 0 Å². The van der Waals surface area contributed by atoms with E-state index in [-0.39, 0.29) is 16.6 Å². The van der Waals surface area contributed by atoms with Crippen LogP contribution in [0.3, 0.4) is 0 Å². The second-order valence-electron chi connectivity index (χ2n) is 12.2. The predicted octanol–water partition coefficient (Wildman–Crippen LogP) is 8.64. The molecule has 2 fully saturated rings. The fourth-order valence-electron chi connectivity index (χ4n) is 5.86. The Labute approximate surface area is 187 Å². The van der Waals surface area contributed by atoms with Crippen LogP contribution in [0.1, 0.15) is 89.8 Å². The molecule has 0 spiro atoms. The fraction of sp³-hybridized carbons (Fsp3) is 0.571. The normalized spacial score (nSPS) is 19.6. The molecule has 4 rings (SSSR count). The first-order valence-corrected chi connectivity index (χ1v) is 11.8. The summed E-state index contributed by atoms with van der Waals surface area (Å²) >= 11 is 6.60. The highest BCUT2D eigenvalue weighted by Crippen LogP contribution is 2.57. The number of hydrogen-bond donors (Lipinski definition) is 0. The molecule has 2 aromatic rings. The molecule has 0 amide bonds. The van der Waals surface area contributed by atoms with Gasteiger partial charge in [-0.2, -0.15) is 0 Å². The van der Waals surface area contributed by atoms with Crippen LogP contribution >= 0.6 is 11.6 Å². The van der Waals surface area contributed by atoms with Crippen molar-refractivity contribution in [1.29, 1.82) is 0 Å². The maximum Gasteiger partial charge on any atom is 0.123 e. The number of rotatable bonds is 7. The summed E-state index contributed by atoms with van der Waals surface area (Å²) in [4.78, 5) is 0. The van der Waals surface area contributed by atoms with Gasteiger partial charge in [-0.25, -0.2) is 4.39 Å². The molecule has 0 N–H and O–H groups in total. The molecule has 2 heteroatoms. The lowest BCUT2D eigenvalue weighted by Crippen LogP contribution is -2.23. The highest BCUT2D eigenvalue weighted by atomic mass is 35.5. The van der Waals surface area contributed by atoms with Crippen molar-refractivity contribution in [3.8, 4) is 0 Å². The van der Waals surface area contributed by atoms with E-state index in [1.807, 2.05) is 6.07 Å². The SMILES string of the molecule is CC(C)(C)CC1(c2cc(Cl)cc(CC(C)(C)CC3(c4cccc(F)c4)CC3)c2)CC1. The van der Waals surface area contributed by atoms with Crippen molar-refractivity contribution >= 4 is 11.6 Å². The maximum atomic E-state index is 13.8. The Bertz CT molecular complexity index is 926. The maximum absolute atomic E-state index is 13.8. The molecule has 0 aromatic heterocycles. The molecule has 30 heavy (non-hydrogen) atoms. The monoisotopic (exact) mass is 426 g/mol. The fourth-order valence-corrected chi connectivity index (χ4v) is 6.12. The Morgan fingerprint density at radius 2 is 1.47 bits per heavy atom. The van der Waals surface area contributed by atoms with Crippen LogP contribution in [0, 0.1) is 16.6 Å². The van der Waals surface area contributed by atoms with Crippen LogP contribution in [0.15, 0.2) is 42.5 Å². The minimum atomic E-state index is -0.121. The molecule has 0 atom stereocenters. The summed E-state index contributed by atoms with van der Waals surface area (Å²) in [5.41, 5.74) is 4.87. The van der Waals surface area contributed by atoms with Gasteiger partial charge in [0.25, 0.3) is 0 Å². The van der Waals surface area contributed by atoms with E-state index in [1.165, 1.54) is 36.0 Å². The van der Waals surface area contributed by atoms with E-state index >= 15 is 0 Å². The number of benzene rings is 2. The summed E-state index contributed by atoms with van der Waals surface area (Å²) < 4.78 is 13.8. The quantitative estimate of drug-likeness (QED) is 0.415. The largest absolute Gasteiger partial charge is 0.207 e. The minimum absolute atomic E-state index is 0.121. The molecule has 0 aliphatic heterocycles. The average Bonchev–Trinajstić information content (AvgIpc) is 3.50. The van der Waals surface area contributed by atoms with Gasteiger partial charge in [-0.1, -0.05) is 64.4 Å². The van der Waals surface area contributed by atoms with E-state index in [9.17, 15) is 4.39 Å². The first-order chi connectivity index (χ1) is 13.9. The van der Waals surface area contributed by atoms with Gasteiger partial charge in [-0.3, -0.25) is 0 Å². The zero-order valence-electron chi connectivity index (χ0n) is 19.2. The molecular formula is C28H36ClF. The number of halogens is 2. The van der Waals surface area contributed by atoms with Crippen molar-refractivity contribution in [3.63, 3.8) is 0 Å². The topological polar surface area (TPSA) is 0 Å². The zero-order chi connectivity index (χ0) is 21.8. The lowest BCUT2D eigenvalue weighted by atomic mass is 9.73. The number of hydrogen-bond acceptors (Lipinski definition) is 0. The molecule has 0 unspecified atom stereocenters. The second kappa shape index (κ2) is 7.37. The van der Waals surface area contributed by atoms with Crippen molar-refractivity contribution in [2.45, 2.75) is 90.4 Å². The third-order valence-electron chi connectivity index (χ3n) is 7.08. The molecule has 0 nitrogen and oxygen atoms in total. The summed E-state index contributed by atoms with van der Waals surface area (Å²) in [5, 5.41) is 0.866. The van der Waals surface area contributed by atoms with Crippen LogP contribution < -0.4 is 0 Å². The van der Waals surface area contributed by atoms with Crippen LogP contribution in [0.4, 0.5) is 4.39 Å². The molecular weight excluding hydrogens is 391 g/mol. The molecule has 2 aliphatic carbocycles. The van der Waals surface area contributed by atoms with Gasteiger partial charge in [0, 0.05) is 5.02 Å². The second-order valence-corrected chi connectivity index (χ2v) is 12.6. The van der Waals surface area contributed by atoms with E-state index < -0.39 is 0 Å². The smallest absolute Gasteiger partial charge is 0.123 e. The van der Waals surface area contributed by atoms with Gasteiger partial charge in [0.05, 0.1) is 0 Å². The molecule has 0 saturated heterocycles. The summed E-state index contributed by atoms with van der Waals surface area (Å²) in [6.07, 6.45) is 8.17. The minimum Gasteiger partial charge on any atom is -0.207 e. The Balaban J connectivity index is 1.53. The Morgan fingerprint density at radius 1 is 0.833 bits per heavy atom. The third-order valence-corrected chi connectivity index (χ3v) is 7.30. The zero-order valence-corrected chi connectivity index (χ0v) is 20.0. The van der Waals surface area contributed by atoms with Crippen molar-refractivity contribution in [3.05, 3.63) is 70.0 Å². The van der Waals surface area contributed by atoms with Gasteiger partial charge in [0.2, 0.25) is 0 Å². The van der Waals surface area contributed by atoms with Crippen molar-refractivity contribution in [2.24, 2.45) is 10.8 Å². The Hall–Kier alpha value is -1.34. The molecule has 0 radical (unpaired) electrons. The van der Waals surface area contributed by atoms with Crippen molar-refractivity contribution in [2.75, 3.05) is 0 Å². The van der Waals surface area contributed by atoms with Gasteiger partial charge in [-0.15, -0.1) is 0 Å². The van der Waals surface area contributed by atoms with Crippen molar-refractivity contribution in [1.82, 2.24) is 0 Å². The van der Waals surface area contributed by atoms with Gasteiger partial charge < -0.3 is 0 Å². The predicted molar refractivity (Wildman–Crippen MR) is 126 cm³/mol. The first-order valence-electron chi connectivity index (χ1n) is 11.5. The van der Waals surface area contributed by atoms with E-state index in [4.69, 9.17) is 11.6 Å².